The zero-order valence-electron chi connectivity index (χ0n) is 23.6. The molecule has 0 fully saturated rings. The Morgan fingerprint density at radius 2 is 1.41 bits per heavy atom. The summed E-state index contributed by atoms with van der Waals surface area (Å²) in [7, 11) is 2.00. The van der Waals surface area contributed by atoms with Crippen molar-refractivity contribution in [3.05, 3.63) is 133 Å². The summed E-state index contributed by atoms with van der Waals surface area (Å²) in [6.07, 6.45) is 7.67. The molecule has 41 heavy (non-hydrogen) atoms. The minimum atomic E-state index is 0.528. The van der Waals surface area contributed by atoms with Gasteiger partial charge in [-0.15, -0.1) is 0 Å². The zero-order chi connectivity index (χ0) is 28.2. The third kappa shape index (κ3) is 5.24. The molecular formula is C35H33N5O. The first-order chi connectivity index (χ1) is 20.2. The Morgan fingerprint density at radius 1 is 0.756 bits per heavy atom. The molecule has 0 saturated heterocycles. The highest BCUT2D eigenvalue weighted by Gasteiger charge is 2.20. The molecule has 0 aliphatic rings. The van der Waals surface area contributed by atoms with Gasteiger partial charge >= 0.3 is 6.01 Å². The first-order valence-corrected chi connectivity index (χ1v) is 14.0. The van der Waals surface area contributed by atoms with E-state index in [2.05, 4.69) is 83.0 Å². The number of nitrogens with zero attached hydrogens (tertiary/aromatic N) is 5. The van der Waals surface area contributed by atoms with E-state index in [0.717, 1.165) is 47.1 Å². The number of para-hydroxylation sites is 2. The van der Waals surface area contributed by atoms with E-state index in [1.165, 1.54) is 11.1 Å². The molecule has 0 saturated carbocycles. The van der Waals surface area contributed by atoms with E-state index in [-0.39, 0.29) is 0 Å². The molecule has 0 spiro atoms. The summed E-state index contributed by atoms with van der Waals surface area (Å²) in [5.41, 5.74) is 7.50. The number of anilines is 3. The molecule has 6 nitrogen and oxygen atoms in total. The summed E-state index contributed by atoms with van der Waals surface area (Å²) in [6, 6.07) is 35.6. The molecule has 6 aromatic rings. The Morgan fingerprint density at radius 3 is 2.07 bits per heavy atom. The standard InChI is InChI=1S/C35H33N5O/c1-4-26-16-12-17-27(5-2)33(26)39-25-32(28-14-8-6-9-15-28)37-35(39)41-31-21-13-20-30(24-31)40(29-18-10-7-11-19-29)34-36-22-23-38(34)3/h6-25H,4-5H2,1-3H3. The van der Waals surface area contributed by atoms with Crippen LogP contribution in [0.4, 0.5) is 17.3 Å². The van der Waals surface area contributed by atoms with Crippen LogP contribution in [-0.2, 0) is 19.9 Å². The Labute approximate surface area is 241 Å². The van der Waals surface area contributed by atoms with Crippen molar-refractivity contribution in [2.75, 3.05) is 4.90 Å². The van der Waals surface area contributed by atoms with Gasteiger partial charge in [-0.1, -0.05) is 86.6 Å². The number of rotatable bonds is 9. The van der Waals surface area contributed by atoms with E-state index in [9.17, 15) is 0 Å². The van der Waals surface area contributed by atoms with Crippen LogP contribution in [0, 0.1) is 0 Å². The van der Waals surface area contributed by atoms with Gasteiger partial charge in [-0.05, 0) is 48.2 Å². The molecule has 2 heterocycles. The highest BCUT2D eigenvalue weighted by molar-refractivity contribution is 5.73. The molecule has 204 valence electrons. The van der Waals surface area contributed by atoms with Crippen molar-refractivity contribution in [2.45, 2.75) is 26.7 Å². The molecule has 0 atom stereocenters. The molecule has 6 rings (SSSR count). The number of hydrogen-bond donors (Lipinski definition) is 0. The Hall–Kier alpha value is -5.10. The fourth-order valence-electron chi connectivity index (χ4n) is 5.19. The van der Waals surface area contributed by atoms with Crippen LogP contribution in [0.1, 0.15) is 25.0 Å². The second kappa shape index (κ2) is 11.6. The third-order valence-electron chi connectivity index (χ3n) is 7.24. The number of imidazole rings is 2. The molecular weight excluding hydrogens is 506 g/mol. The van der Waals surface area contributed by atoms with Crippen molar-refractivity contribution in [3.63, 3.8) is 0 Å². The average Bonchev–Trinajstić information content (AvgIpc) is 3.64. The quantitative estimate of drug-likeness (QED) is 0.184. The van der Waals surface area contributed by atoms with E-state index in [1.54, 1.807) is 0 Å². The van der Waals surface area contributed by atoms with Gasteiger partial charge in [0.25, 0.3) is 0 Å². The van der Waals surface area contributed by atoms with Crippen LogP contribution in [0.5, 0.6) is 11.8 Å². The largest absolute Gasteiger partial charge is 0.425 e. The summed E-state index contributed by atoms with van der Waals surface area (Å²) in [5.74, 6) is 1.50. The maximum atomic E-state index is 6.64. The van der Waals surface area contributed by atoms with Crippen molar-refractivity contribution in [1.29, 1.82) is 0 Å². The predicted octanol–water partition coefficient (Wildman–Crippen LogP) is 8.66. The van der Waals surface area contributed by atoms with E-state index in [0.29, 0.717) is 11.8 Å². The van der Waals surface area contributed by atoms with Gasteiger partial charge in [0.05, 0.1) is 17.1 Å². The van der Waals surface area contributed by atoms with Gasteiger partial charge in [-0.25, -0.2) is 4.98 Å². The highest BCUT2D eigenvalue weighted by atomic mass is 16.5. The second-order valence-electron chi connectivity index (χ2n) is 9.89. The lowest BCUT2D eigenvalue weighted by Gasteiger charge is -2.24. The molecule has 4 aromatic carbocycles. The average molecular weight is 540 g/mol. The number of hydrogen-bond acceptors (Lipinski definition) is 4. The van der Waals surface area contributed by atoms with Gasteiger partial charge < -0.3 is 9.30 Å². The first-order valence-electron chi connectivity index (χ1n) is 14.0. The first kappa shape index (κ1) is 26.1. The van der Waals surface area contributed by atoms with Gasteiger partial charge in [0.1, 0.15) is 5.75 Å². The molecule has 0 aliphatic heterocycles. The molecule has 2 aromatic heterocycles. The number of aryl methyl sites for hydroxylation is 3. The van der Waals surface area contributed by atoms with Crippen LogP contribution in [0.25, 0.3) is 16.9 Å². The maximum absolute atomic E-state index is 6.64. The van der Waals surface area contributed by atoms with Crippen LogP contribution < -0.4 is 9.64 Å². The summed E-state index contributed by atoms with van der Waals surface area (Å²) in [6.45, 7) is 4.38. The normalized spacial score (nSPS) is 11.0. The van der Waals surface area contributed by atoms with Crippen molar-refractivity contribution in [1.82, 2.24) is 19.1 Å². The summed E-state index contributed by atoms with van der Waals surface area (Å²) in [4.78, 5) is 11.8. The Balaban J connectivity index is 1.46. The maximum Gasteiger partial charge on any atom is 0.307 e. The Bertz CT molecular complexity index is 1730. The summed E-state index contributed by atoms with van der Waals surface area (Å²) < 4.78 is 10.8. The highest BCUT2D eigenvalue weighted by Crippen LogP contribution is 2.37. The lowest BCUT2D eigenvalue weighted by Crippen LogP contribution is -2.14. The molecule has 0 N–H and O–H groups in total. The molecule has 0 bridgehead atoms. The van der Waals surface area contributed by atoms with Crippen LogP contribution in [0.3, 0.4) is 0 Å². The van der Waals surface area contributed by atoms with Gasteiger partial charge in [0.2, 0.25) is 5.95 Å². The molecule has 0 amide bonds. The Kier molecular flexibility index (Phi) is 7.37. The van der Waals surface area contributed by atoms with E-state index >= 15 is 0 Å². The third-order valence-corrected chi connectivity index (χ3v) is 7.24. The van der Waals surface area contributed by atoms with Gasteiger partial charge in [-0.3, -0.25) is 9.47 Å². The summed E-state index contributed by atoms with van der Waals surface area (Å²) >= 11 is 0. The second-order valence-corrected chi connectivity index (χ2v) is 9.89. The fraction of sp³-hybridized carbons (Fsp3) is 0.143. The van der Waals surface area contributed by atoms with Crippen LogP contribution in [0.15, 0.2) is 122 Å². The van der Waals surface area contributed by atoms with Crippen molar-refractivity contribution < 1.29 is 4.74 Å². The minimum Gasteiger partial charge on any atom is -0.425 e. The lowest BCUT2D eigenvalue weighted by molar-refractivity contribution is 0.434. The SMILES string of the molecule is CCc1cccc(CC)c1-n1cc(-c2ccccc2)nc1Oc1cccc(N(c2ccccc2)c2nccn2C)c1. The van der Waals surface area contributed by atoms with Crippen molar-refractivity contribution in [2.24, 2.45) is 7.05 Å². The van der Waals surface area contributed by atoms with Crippen molar-refractivity contribution >= 4 is 17.3 Å². The topological polar surface area (TPSA) is 48.1 Å². The van der Waals surface area contributed by atoms with Crippen LogP contribution in [0.2, 0.25) is 0 Å². The molecule has 0 aliphatic carbocycles. The van der Waals surface area contributed by atoms with Crippen LogP contribution in [-0.4, -0.2) is 19.1 Å². The molecule has 0 unspecified atom stereocenters. The van der Waals surface area contributed by atoms with E-state index in [1.807, 2.05) is 78.6 Å². The fourth-order valence-corrected chi connectivity index (χ4v) is 5.19. The number of aromatic nitrogens is 4. The van der Waals surface area contributed by atoms with Gasteiger partial charge in [0, 0.05) is 43.0 Å². The van der Waals surface area contributed by atoms with Gasteiger partial charge in [0.15, 0.2) is 0 Å². The van der Waals surface area contributed by atoms with E-state index in [4.69, 9.17) is 9.72 Å². The van der Waals surface area contributed by atoms with Gasteiger partial charge in [-0.2, -0.15) is 4.98 Å². The minimum absolute atomic E-state index is 0.528. The molecule has 6 heteroatoms. The monoisotopic (exact) mass is 539 g/mol. The smallest absolute Gasteiger partial charge is 0.307 e. The lowest BCUT2D eigenvalue weighted by atomic mass is 10.0. The van der Waals surface area contributed by atoms with Crippen molar-refractivity contribution in [3.8, 4) is 28.7 Å². The van der Waals surface area contributed by atoms with Crippen LogP contribution >= 0.6 is 0 Å². The predicted molar refractivity (Wildman–Crippen MR) is 166 cm³/mol. The number of ether oxygens (including phenoxy) is 1. The molecule has 0 radical (unpaired) electrons. The number of benzene rings is 4. The summed E-state index contributed by atoms with van der Waals surface area (Å²) in [5, 5.41) is 0. The van der Waals surface area contributed by atoms with E-state index < -0.39 is 0 Å². The zero-order valence-corrected chi connectivity index (χ0v) is 23.6.